The lowest BCUT2D eigenvalue weighted by Gasteiger charge is -2.11. The van der Waals surface area contributed by atoms with Gasteiger partial charge in [-0.1, -0.05) is 33.3 Å². The standard InChI is InChI=1S/C12H11BrF3N3S/c1-17-5-4-10-18-19-11(20-10)8-3-2-7(13)6-9(8)12(14,15)16/h2-3,6,17H,4-5H2,1H3. The maximum atomic E-state index is 13.0. The van der Waals surface area contributed by atoms with Gasteiger partial charge in [0.15, 0.2) is 0 Å². The zero-order chi connectivity index (χ0) is 14.8. The van der Waals surface area contributed by atoms with Crippen LogP contribution in [-0.2, 0) is 12.6 Å². The van der Waals surface area contributed by atoms with Crippen molar-refractivity contribution in [3.63, 3.8) is 0 Å². The van der Waals surface area contributed by atoms with Crippen LogP contribution < -0.4 is 5.32 Å². The van der Waals surface area contributed by atoms with Crippen LogP contribution in [0.1, 0.15) is 10.6 Å². The molecule has 0 aliphatic carbocycles. The Hall–Kier alpha value is -0.990. The van der Waals surface area contributed by atoms with E-state index in [1.807, 2.05) is 0 Å². The third-order valence-electron chi connectivity index (χ3n) is 2.57. The molecule has 0 aliphatic heterocycles. The molecule has 0 amide bonds. The maximum Gasteiger partial charge on any atom is 0.417 e. The van der Waals surface area contributed by atoms with Gasteiger partial charge in [0, 0.05) is 23.0 Å². The number of rotatable bonds is 4. The molecule has 108 valence electrons. The molecule has 1 aromatic carbocycles. The van der Waals surface area contributed by atoms with Crippen LogP contribution >= 0.6 is 27.3 Å². The van der Waals surface area contributed by atoms with Crippen molar-refractivity contribution in [2.24, 2.45) is 0 Å². The van der Waals surface area contributed by atoms with E-state index in [1.165, 1.54) is 17.4 Å². The smallest absolute Gasteiger partial charge is 0.319 e. The van der Waals surface area contributed by atoms with E-state index in [0.29, 0.717) is 22.4 Å². The predicted molar refractivity (Wildman–Crippen MR) is 75.7 cm³/mol. The number of aromatic nitrogens is 2. The molecule has 0 bridgehead atoms. The van der Waals surface area contributed by atoms with Gasteiger partial charge in [-0.15, -0.1) is 10.2 Å². The Bertz CT molecular complexity index is 598. The Morgan fingerprint density at radius 3 is 2.70 bits per heavy atom. The average molecular weight is 366 g/mol. The molecule has 0 saturated heterocycles. The molecule has 0 radical (unpaired) electrons. The molecule has 3 nitrogen and oxygen atoms in total. The molecule has 2 aromatic rings. The van der Waals surface area contributed by atoms with Crippen LogP contribution in [0.25, 0.3) is 10.6 Å². The second kappa shape index (κ2) is 6.19. The van der Waals surface area contributed by atoms with Gasteiger partial charge in [0.05, 0.1) is 5.56 Å². The largest absolute Gasteiger partial charge is 0.417 e. The summed E-state index contributed by atoms with van der Waals surface area (Å²) in [5.74, 6) is 0. The highest BCUT2D eigenvalue weighted by molar-refractivity contribution is 9.10. The molecule has 8 heteroatoms. The maximum absolute atomic E-state index is 13.0. The van der Waals surface area contributed by atoms with Gasteiger partial charge < -0.3 is 5.32 Å². The Labute approximate surface area is 126 Å². The Balaban J connectivity index is 2.39. The highest BCUT2D eigenvalue weighted by Crippen LogP contribution is 2.39. The SMILES string of the molecule is CNCCc1nnc(-c2ccc(Br)cc2C(F)(F)F)s1. The van der Waals surface area contributed by atoms with E-state index < -0.39 is 11.7 Å². The Morgan fingerprint density at radius 1 is 1.30 bits per heavy atom. The fourth-order valence-corrected chi connectivity index (χ4v) is 2.87. The van der Waals surface area contributed by atoms with Gasteiger partial charge in [-0.25, -0.2) is 0 Å². The number of alkyl halides is 3. The molecule has 0 unspecified atom stereocenters. The Morgan fingerprint density at radius 2 is 2.05 bits per heavy atom. The normalized spacial score (nSPS) is 11.8. The summed E-state index contributed by atoms with van der Waals surface area (Å²) in [4.78, 5) is 0. The summed E-state index contributed by atoms with van der Waals surface area (Å²) in [6.07, 6.45) is -3.78. The van der Waals surface area contributed by atoms with Crippen molar-refractivity contribution in [2.75, 3.05) is 13.6 Å². The lowest BCUT2D eigenvalue weighted by atomic mass is 10.1. The van der Waals surface area contributed by atoms with E-state index in [2.05, 4.69) is 31.4 Å². The zero-order valence-electron chi connectivity index (χ0n) is 10.5. The monoisotopic (exact) mass is 365 g/mol. The summed E-state index contributed by atoms with van der Waals surface area (Å²) in [5, 5.41) is 11.8. The van der Waals surface area contributed by atoms with E-state index in [0.717, 1.165) is 6.07 Å². The summed E-state index contributed by atoms with van der Waals surface area (Å²) in [7, 11) is 1.80. The molecule has 1 heterocycles. The number of hydrogen-bond donors (Lipinski definition) is 1. The topological polar surface area (TPSA) is 37.8 Å². The molecule has 0 saturated carbocycles. The first-order chi connectivity index (χ1) is 9.41. The van der Waals surface area contributed by atoms with Crippen molar-refractivity contribution in [3.8, 4) is 10.6 Å². The Kier molecular flexibility index (Phi) is 4.77. The number of nitrogens with one attached hydrogen (secondary N) is 1. The first-order valence-corrected chi connectivity index (χ1v) is 7.37. The molecule has 1 aromatic heterocycles. The molecule has 20 heavy (non-hydrogen) atoms. The van der Waals surface area contributed by atoms with Crippen molar-refractivity contribution >= 4 is 27.3 Å². The quantitative estimate of drug-likeness (QED) is 0.896. The highest BCUT2D eigenvalue weighted by atomic mass is 79.9. The van der Waals surface area contributed by atoms with E-state index in [-0.39, 0.29) is 10.6 Å². The van der Waals surface area contributed by atoms with Gasteiger partial charge in [-0.3, -0.25) is 0 Å². The lowest BCUT2D eigenvalue weighted by molar-refractivity contribution is -0.137. The summed E-state index contributed by atoms with van der Waals surface area (Å²) in [5.41, 5.74) is -0.642. The summed E-state index contributed by atoms with van der Waals surface area (Å²) in [6, 6.07) is 4.04. The van der Waals surface area contributed by atoms with Gasteiger partial charge in [-0.05, 0) is 19.2 Å². The summed E-state index contributed by atoms with van der Waals surface area (Å²) >= 11 is 4.24. The molecular formula is C12H11BrF3N3S. The average Bonchev–Trinajstić information content (AvgIpc) is 2.84. The van der Waals surface area contributed by atoms with Crippen LogP contribution in [-0.4, -0.2) is 23.8 Å². The minimum Gasteiger partial charge on any atom is -0.319 e. The molecule has 2 rings (SSSR count). The molecule has 0 aliphatic rings. The first-order valence-electron chi connectivity index (χ1n) is 5.76. The van der Waals surface area contributed by atoms with E-state index in [4.69, 9.17) is 0 Å². The van der Waals surface area contributed by atoms with Crippen LogP contribution in [0.4, 0.5) is 13.2 Å². The van der Waals surface area contributed by atoms with Crippen LogP contribution in [0.5, 0.6) is 0 Å². The number of halogens is 4. The van der Waals surface area contributed by atoms with Crippen LogP contribution in [0.3, 0.4) is 0 Å². The summed E-state index contributed by atoms with van der Waals surface area (Å²) < 4.78 is 39.5. The fraction of sp³-hybridized carbons (Fsp3) is 0.333. The van der Waals surface area contributed by atoms with Crippen molar-refractivity contribution in [1.29, 1.82) is 0 Å². The van der Waals surface area contributed by atoms with Crippen LogP contribution in [0, 0.1) is 0 Å². The molecule has 0 fully saturated rings. The van der Waals surface area contributed by atoms with Gasteiger partial charge in [0.2, 0.25) is 0 Å². The number of likely N-dealkylation sites (N-methyl/N-ethyl adjacent to an activating group) is 1. The van der Waals surface area contributed by atoms with Crippen LogP contribution in [0.15, 0.2) is 22.7 Å². The number of hydrogen-bond acceptors (Lipinski definition) is 4. The minimum atomic E-state index is -4.42. The van der Waals surface area contributed by atoms with Crippen molar-refractivity contribution in [3.05, 3.63) is 33.2 Å². The molecular weight excluding hydrogens is 355 g/mol. The molecule has 1 N–H and O–H groups in total. The van der Waals surface area contributed by atoms with Gasteiger partial charge >= 0.3 is 6.18 Å². The molecule has 0 spiro atoms. The van der Waals surface area contributed by atoms with Crippen LogP contribution in [0.2, 0.25) is 0 Å². The van der Waals surface area contributed by atoms with Crippen molar-refractivity contribution in [2.45, 2.75) is 12.6 Å². The number of benzene rings is 1. The highest BCUT2D eigenvalue weighted by Gasteiger charge is 2.34. The van der Waals surface area contributed by atoms with Gasteiger partial charge in [0.25, 0.3) is 0 Å². The second-order valence-electron chi connectivity index (χ2n) is 4.04. The van der Waals surface area contributed by atoms with Crippen molar-refractivity contribution in [1.82, 2.24) is 15.5 Å². The zero-order valence-corrected chi connectivity index (χ0v) is 12.9. The summed E-state index contributed by atoms with van der Waals surface area (Å²) in [6.45, 7) is 0.709. The van der Waals surface area contributed by atoms with E-state index >= 15 is 0 Å². The third-order valence-corrected chi connectivity index (χ3v) is 4.08. The fourth-order valence-electron chi connectivity index (χ4n) is 1.63. The van der Waals surface area contributed by atoms with Crippen molar-refractivity contribution < 1.29 is 13.2 Å². The minimum absolute atomic E-state index is 0.0638. The second-order valence-corrected chi connectivity index (χ2v) is 6.02. The predicted octanol–water partition coefficient (Wildman–Crippen LogP) is 3.75. The lowest BCUT2D eigenvalue weighted by Crippen LogP contribution is -2.09. The molecule has 0 atom stereocenters. The van der Waals surface area contributed by atoms with E-state index in [9.17, 15) is 13.2 Å². The van der Waals surface area contributed by atoms with Gasteiger partial charge in [0.1, 0.15) is 10.0 Å². The van der Waals surface area contributed by atoms with Gasteiger partial charge in [-0.2, -0.15) is 13.2 Å². The van der Waals surface area contributed by atoms with E-state index in [1.54, 1.807) is 13.1 Å². The third kappa shape index (κ3) is 3.56. The number of nitrogens with zero attached hydrogens (tertiary/aromatic N) is 2. The first kappa shape index (κ1) is 15.4.